The van der Waals surface area contributed by atoms with Crippen molar-refractivity contribution in [2.24, 2.45) is 0 Å². The third-order valence-corrected chi connectivity index (χ3v) is 5.18. The highest BCUT2D eigenvalue weighted by atomic mass is 35.5. The quantitative estimate of drug-likeness (QED) is 0.258. The van der Waals surface area contributed by atoms with E-state index in [9.17, 15) is 4.79 Å². The van der Waals surface area contributed by atoms with Crippen LogP contribution in [0.3, 0.4) is 0 Å². The van der Waals surface area contributed by atoms with Gasteiger partial charge in [-0.15, -0.1) is 0 Å². The lowest BCUT2D eigenvalue weighted by Gasteiger charge is -2.10. The van der Waals surface area contributed by atoms with Crippen LogP contribution in [0, 0.1) is 13.8 Å². The summed E-state index contributed by atoms with van der Waals surface area (Å²) in [7, 11) is 0. The number of nitrogens with zero attached hydrogens (tertiary/aromatic N) is 3. The van der Waals surface area contributed by atoms with Crippen molar-refractivity contribution >= 4 is 40.2 Å². The van der Waals surface area contributed by atoms with E-state index in [4.69, 9.17) is 16.3 Å². The zero-order valence-corrected chi connectivity index (χ0v) is 17.0. The van der Waals surface area contributed by atoms with Crippen LogP contribution in [0.2, 0.25) is 5.15 Å². The number of rotatable bonds is 6. The Balaban J connectivity index is 1.61. The summed E-state index contributed by atoms with van der Waals surface area (Å²) in [5, 5.41) is 2.06. The van der Waals surface area contributed by atoms with Crippen LogP contribution in [0.5, 0.6) is 0 Å². The fourth-order valence-corrected chi connectivity index (χ4v) is 3.51. The molecule has 3 rings (SSSR count). The van der Waals surface area contributed by atoms with E-state index in [1.54, 1.807) is 0 Å². The first-order valence-electron chi connectivity index (χ1n) is 8.56. The number of halogens is 1. The van der Waals surface area contributed by atoms with E-state index in [1.807, 2.05) is 50.4 Å². The number of carbonyl (C=O) groups excluding carboxylic acids is 1. The van der Waals surface area contributed by atoms with E-state index in [-0.39, 0.29) is 19.0 Å². The molecule has 27 heavy (non-hydrogen) atoms. The van der Waals surface area contributed by atoms with Gasteiger partial charge >= 0.3 is 5.97 Å². The van der Waals surface area contributed by atoms with Crippen LogP contribution in [0.25, 0.3) is 10.9 Å². The fourth-order valence-electron chi connectivity index (χ4n) is 2.86. The molecule has 7 heteroatoms. The Morgan fingerprint density at radius 3 is 2.56 bits per heavy atom. The van der Waals surface area contributed by atoms with Crippen molar-refractivity contribution in [3.05, 3.63) is 58.0 Å². The standard InChI is InChI=1S/C20H20ClN3O2S/c1-12-16(13(2)23-20(22-12)27-3)8-9-18(25)26-11-15-10-14-6-4-5-7-17(14)24-19(15)21/h4-7,10H,8-9,11H2,1-3H3. The first-order valence-corrected chi connectivity index (χ1v) is 10.2. The molecule has 3 aromatic rings. The average Bonchev–Trinajstić information content (AvgIpc) is 2.65. The van der Waals surface area contributed by atoms with Gasteiger partial charge in [0.15, 0.2) is 5.16 Å². The minimum Gasteiger partial charge on any atom is -0.461 e. The molecule has 0 saturated heterocycles. The van der Waals surface area contributed by atoms with Crippen molar-refractivity contribution in [3.8, 4) is 0 Å². The summed E-state index contributed by atoms with van der Waals surface area (Å²) in [5.41, 5.74) is 4.32. The zero-order chi connectivity index (χ0) is 19.4. The largest absolute Gasteiger partial charge is 0.461 e. The minimum absolute atomic E-state index is 0.107. The van der Waals surface area contributed by atoms with Gasteiger partial charge in [-0.1, -0.05) is 41.6 Å². The number of esters is 1. The predicted octanol–water partition coefficient (Wildman–Crippen LogP) is 4.69. The normalized spacial score (nSPS) is 11.0. The summed E-state index contributed by atoms with van der Waals surface area (Å²) < 4.78 is 5.40. The van der Waals surface area contributed by atoms with Gasteiger partial charge in [0.2, 0.25) is 0 Å². The second kappa shape index (κ2) is 8.67. The Hall–Kier alpha value is -2.18. The van der Waals surface area contributed by atoms with Gasteiger partial charge in [0.05, 0.1) is 5.52 Å². The number of para-hydroxylation sites is 1. The van der Waals surface area contributed by atoms with Crippen LogP contribution in [-0.4, -0.2) is 27.2 Å². The number of carbonyl (C=O) groups is 1. The Morgan fingerprint density at radius 2 is 1.85 bits per heavy atom. The summed E-state index contributed by atoms with van der Waals surface area (Å²) in [6, 6.07) is 9.59. The van der Waals surface area contributed by atoms with Crippen molar-refractivity contribution in [2.75, 3.05) is 6.26 Å². The van der Waals surface area contributed by atoms with Crippen LogP contribution in [0.4, 0.5) is 0 Å². The van der Waals surface area contributed by atoms with Crippen molar-refractivity contribution in [1.29, 1.82) is 0 Å². The number of thioether (sulfide) groups is 1. The lowest BCUT2D eigenvalue weighted by atomic mass is 10.1. The maximum absolute atomic E-state index is 12.2. The Bertz CT molecular complexity index is 971. The summed E-state index contributed by atoms with van der Waals surface area (Å²) in [6.07, 6.45) is 2.76. The summed E-state index contributed by atoms with van der Waals surface area (Å²) in [4.78, 5) is 25.4. The molecule has 0 fully saturated rings. The lowest BCUT2D eigenvalue weighted by molar-refractivity contribution is -0.144. The highest BCUT2D eigenvalue weighted by Crippen LogP contribution is 2.22. The molecule has 0 unspecified atom stereocenters. The van der Waals surface area contributed by atoms with Crippen molar-refractivity contribution < 1.29 is 9.53 Å². The number of aryl methyl sites for hydroxylation is 2. The van der Waals surface area contributed by atoms with E-state index in [0.29, 0.717) is 17.1 Å². The number of hydrogen-bond donors (Lipinski definition) is 0. The predicted molar refractivity (Wildman–Crippen MR) is 108 cm³/mol. The zero-order valence-electron chi connectivity index (χ0n) is 15.5. The highest BCUT2D eigenvalue weighted by Gasteiger charge is 2.12. The van der Waals surface area contributed by atoms with Crippen LogP contribution in [0.1, 0.15) is 28.9 Å². The molecule has 140 valence electrons. The van der Waals surface area contributed by atoms with Crippen LogP contribution >= 0.6 is 23.4 Å². The maximum Gasteiger partial charge on any atom is 0.306 e. The number of fused-ring (bicyclic) bond motifs is 1. The van der Waals surface area contributed by atoms with Crippen LogP contribution < -0.4 is 0 Å². The molecule has 0 bridgehead atoms. The molecule has 0 radical (unpaired) electrons. The van der Waals surface area contributed by atoms with E-state index in [1.165, 1.54) is 11.8 Å². The van der Waals surface area contributed by atoms with Gasteiger partial charge in [0.25, 0.3) is 0 Å². The van der Waals surface area contributed by atoms with E-state index >= 15 is 0 Å². The molecule has 0 atom stereocenters. The van der Waals surface area contributed by atoms with Gasteiger partial charge in [0, 0.05) is 28.8 Å². The smallest absolute Gasteiger partial charge is 0.306 e. The lowest BCUT2D eigenvalue weighted by Crippen LogP contribution is -2.09. The molecule has 0 amide bonds. The molecule has 2 heterocycles. The van der Waals surface area contributed by atoms with Gasteiger partial charge < -0.3 is 4.74 Å². The molecular weight excluding hydrogens is 382 g/mol. The van der Waals surface area contributed by atoms with Gasteiger partial charge in [-0.2, -0.15) is 0 Å². The van der Waals surface area contributed by atoms with Crippen LogP contribution in [-0.2, 0) is 22.6 Å². The van der Waals surface area contributed by atoms with E-state index in [0.717, 1.165) is 33.0 Å². The Kier molecular flexibility index (Phi) is 6.29. The van der Waals surface area contributed by atoms with Crippen molar-refractivity contribution in [3.63, 3.8) is 0 Å². The monoisotopic (exact) mass is 401 g/mol. The fraction of sp³-hybridized carbons (Fsp3) is 0.300. The second-order valence-corrected chi connectivity index (χ2v) is 7.28. The SMILES string of the molecule is CSc1nc(C)c(CCC(=O)OCc2cc3ccccc3nc2Cl)c(C)n1. The number of aromatic nitrogens is 3. The Morgan fingerprint density at radius 1 is 1.15 bits per heavy atom. The molecule has 2 aromatic heterocycles. The summed E-state index contributed by atoms with van der Waals surface area (Å²) in [5.74, 6) is -0.285. The van der Waals surface area contributed by atoms with Crippen molar-refractivity contribution in [1.82, 2.24) is 15.0 Å². The number of ether oxygens (including phenoxy) is 1. The molecule has 0 aliphatic carbocycles. The van der Waals surface area contributed by atoms with E-state index in [2.05, 4.69) is 15.0 Å². The van der Waals surface area contributed by atoms with Crippen LogP contribution in [0.15, 0.2) is 35.5 Å². The molecule has 0 spiro atoms. The third-order valence-electron chi connectivity index (χ3n) is 4.30. The number of pyridine rings is 1. The summed E-state index contributed by atoms with van der Waals surface area (Å²) >= 11 is 7.71. The molecule has 1 aromatic carbocycles. The molecule has 0 saturated carbocycles. The second-order valence-electron chi connectivity index (χ2n) is 6.15. The number of benzene rings is 1. The minimum atomic E-state index is -0.285. The topological polar surface area (TPSA) is 65.0 Å². The average molecular weight is 402 g/mol. The number of hydrogen-bond acceptors (Lipinski definition) is 6. The molecular formula is C20H20ClN3O2S. The van der Waals surface area contributed by atoms with Gasteiger partial charge in [-0.25, -0.2) is 15.0 Å². The van der Waals surface area contributed by atoms with E-state index < -0.39 is 0 Å². The first kappa shape index (κ1) is 19.6. The van der Waals surface area contributed by atoms with Gasteiger partial charge in [-0.05, 0) is 44.2 Å². The first-order chi connectivity index (χ1) is 13.0. The van der Waals surface area contributed by atoms with Crippen molar-refractivity contribution in [2.45, 2.75) is 38.5 Å². The molecule has 5 nitrogen and oxygen atoms in total. The van der Waals surface area contributed by atoms with Gasteiger partial charge in [-0.3, -0.25) is 4.79 Å². The Labute approximate surface area is 167 Å². The molecule has 0 N–H and O–H groups in total. The molecule has 0 aliphatic rings. The van der Waals surface area contributed by atoms with Gasteiger partial charge in [0.1, 0.15) is 11.8 Å². The third kappa shape index (κ3) is 4.76. The highest BCUT2D eigenvalue weighted by molar-refractivity contribution is 7.98. The molecule has 0 aliphatic heterocycles. The summed E-state index contributed by atoms with van der Waals surface area (Å²) in [6.45, 7) is 3.99. The maximum atomic E-state index is 12.2.